The first kappa shape index (κ1) is 20.7. The predicted octanol–water partition coefficient (Wildman–Crippen LogP) is 2.97. The number of aryl methyl sites for hydroxylation is 1. The zero-order chi connectivity index (χ0) is 20.6. The number of ketones is 1. The van der Waals surface area contributed by atoms with Crippen molar-refractivity contribution in [2.45, 2.75) is 32.9 Å². The Bertz CT molecular complexity index is 831. The topological polar surface area (TPSA) is 79.0 Å². The minimum Gasteiger partial charge on any atom is -0.342 e. The van der Waals surface area contributed by atoms with Crippen molar-refractivity contribution in [2.24, 2.45) is 18.4 Å². The maximum absolute atomic E-state index is 13.1. The maximum Gasteiger partial charge on any atom is 0.433 e. The molecule has 146 valence electrons. The SMILES string of the molecule is CN(CC[C@@H]1C=C(C#N)C(=O)C(C)(C)C1)C(=O)c1cnn(C)c1C(F)(F)F. The van der Waals surface area contributed by atoms with E-state index >= 15 is 0 Å². The fourth-order valence-corrected chi connectivity index (χ4v) is 3.35. The molecule has 0 aromatic carbocycles. The molecular weight excluding hydrogens is 361 g/mol. The van der Waals surface area contributed by atoms with Crippen LogP contribution in [0.15, 0.2) is 17.8 Å². The Balaban J connectivity index is 2.12. The zero-order valence-electron chi connectivity index (χ0n) is 15.6. The number of hydrogen-bond donors (Lipinski definition) is 0. The van der Waals surface area contributed by atoms with Gasteiger partial charge in [-0.2, -0.15) is 23.5 Å². The van der Waals surface area contributed by atoms with Crippen molar-refractivity contribution in [1.29, 1.82) is 5.26 Å². The van der Waals surface area contributed by atoms with Crippen LogP contribution in [0.25, 0.3) is 0 Å². The molecule has 0 aliphatic heterocycles. The molecule has 1 aliphatic rings. The first-order valence-electron chi connectivity index (χ1n) is 8.40. The van der Waals surface area contributed by atoms with E-state index in [1.165, 1.54) is 11.9 Å². The summed E-state index contributed by atoms with van der Waals surface area (Å²) < 4.78 is 40.1. The van der Waals surface area contributed by atoms with E-state index in [0.717, 1.165) is 13.2 Å². The van der Waals surface area contributed by atoms with Crippen LogP contribution in [0.5, 0.6) is 0 Å². The molecule has 2 rings (SSSR count). The van der Waals surface area contributed by atoms with Crippen LogP contribution in [-0.2, 0) is 18.0 Å². The van der Waals surface area contributed by atoms with Crippen LogP contribution in [0.3, 0.4) is 0 Å². The standard InChI is InChI=1S/C18H21F3N4O2/c1-17(2)8-11(7-12(9-22)15(17)26)5-6-24(3)16(27)13-10-23-25(4)14(13)18(19,20)21/h7,10-11H,5-6,8H2,1-4H3/t11-/m1/s1. The fourth-order valence-electron chi connectivity index (χ4n) is 3.35. The molecule has 0 unspecified atom stereocenters. The average Bonchev–Trinajstić information content (AvgIpc) is 2.96. The van der Waals surface area contributed by atoms with Crippen molar-refractivity contribution in [3.05, 3.63) is 29.1 Å². The molecule has 1 aromatic heterocycles. The summed E-state index contributed by atoms with van der Waals surface area (Å²) in [6, 6.07) is 1.90. The number of allylic oxidation sites excluding steroid dienone is 2. The summed E-state index contributed by atoms with van der Waals surface area (Å²) in [7, 11) is 2.55. The van der Waals surface area contributed by atoms with Crippen LogP contribution in [-0.4, -0.2) is 40.0 Å². The highest BCUT2D eigenvalue weighted by Gasteiger charge is 2.40. The summed E-state index contributed by atoms with van der Waals surface area (Å²) in [5, 5.41) is 12.7. The normalized spacial score (nSPS) is 19.4. The molecule has 1 atom stereocenters. The lowest BCUT2D eigenvalue weighted by atomic mass is 9.71. The average molecular weight is 382 g/mol. The zero-order valence-corrected chi connectivity index (χ0v) is 15.6. The quantitative estimate of drug-likeness (QED) is 0.802. The van der Waals surface area contributed by atoms with Crippen molar-refractivity contribution in [3.63, 3.8) is 0 Å². The van der Waals surface area contributed by atoms with Crippen LogP contribution in [0.1, 0.15) is 42.7 Å². The summed E-state index contributed by atoms with van der Waals surface area (Å²) in [4.78, 5) is 25.8. The third-order valence-corrected chi connectivity index (χ3v) is 4.77. The molecule has 0 N–H and O–H groups in total. The molecule has 0 radical (unpaired) electrons. The summed E-state index contributed by atoms with van der Waals surface area (Å²) in [6.45, 7) is 3.70. The Morgan fingerprint density at radius 3 is 2.67 bits per heavy atom. The van der Waals surface area contributed by atoms with Gasteiger partial charge in [0.25, 0.3) is 5.91 Å². The second-order valence-corrected chi connectivity index (χ2v) is 7.41. The fraction of sp³-hybridized carbons (Fsp3) is 0.556. The third-order valence-electron chi connectivity index (χ3n) is 4.77. The molecule has 9 heteroatoms. The molecule has 1 heterocycles. The highest BCUT2D eigenvalue weighted by molar-refractivity contribution is 6.03. The number of nitrogens with zero attached hydrogens (tertiary/aromatic N) is 4. The highest BCUT2D eigenvalue weighted by Crippen LogP contribution is 2.37. The van der Waals surface area contributed by atoms with Gasteiger partial charge in [0.2, 0.25) is 0 Å². The number of halogens is 3. The Labute approximate surface area is 155 Å². The van der Waals surface area contributed by atoms with Gasteiger partial charge in [-0.15, -0.1) is 0 Å². The number of Topliss-reactive ketones (excluding diaryl/α,β-unsaturated/α-hetero) is 1. The number of nitriles is 1. The molecule has 1 aliphatic carbocycles. The van der Waals surface area contributed by atoms with Crippen LogP contribution < -0.4 is 0 Å². The van der Waals surface area contributed by atoms with Gasteiger partial charge in [-0.05, 0) is 18.8 Å². The Hall–Kier alpha value is -2.63. The predicted molar refractivity (Wildman–Crippen MR) is 90.4 cm³/mol. The second kappa shape index (κ2) is 7.18. The lowest BCUT2D eigenvalue weighted by Gasteiger charge is -2.32. The lowest BCUT2D eigenvalue weighted by molar-refractivity contribution is -0.144. The summed E-state index contributed by atoms with van der Waals surface area (Å²) in [5.74, 6) is -1.10. The highest BCUT2D eigenvalue weighted by atomic mass is 19.4. The van der Waals surface area contributed by atoms with Crippen molar-refractivity contribution < 1.29 is 22.8 Å². The van der Waals surface area contributed by atoms with Gasteiger partial charge in [0, 0.05) is 26.1 Å². The van der Waals surface area contributed by atoms with Crippen molar-refractivity contribution >= 4 is 11.7 Å². The number of carbonyl (C=O) groups excluding carboxylic acids is 2. The Morgan fingerprint density at radius 2 is 2.11 bits per heavy atom. The smallest absolute Gasteiger partial charge is 0.342 e. The van der Waals surface area contributed by atoms with E-state index < -0.39 is 28.8 Å². The number of amides is 1. The Kier molecular flexibility index (Phi) is 5.50. The molecule has 27 heavy (non-hydrogen) atoms. The van der Waals surface area contributed by atoms with E-state index in [4.69, 9.17) is 5.26 Å². The monoisotopic (exact) mass is 382 g/mol. The Morgan fingerprint density at radius 1 is 1.48 bits per heavy atom. The number of aromatic nitrogens is 2. The summed E-state index contributed by atoms with van der Waals surface area (Å²) in [6.07, 6.45) is -1.23. The molecular formula is C18H21F3N4O2. The van der Waals surface area contributed by atoms with Crippen LogP contribution >= 0.6 is 0 Å². The number of alkyl halides is 3. The van der Waals surface area contributed by atoms with Crippen molar-refractivity contribution in [1.82, 2.24) is 14.7 Å². The minimum absolute atomic E-state index is 0.0943. The van der Waals surface area contributed by atoms with Gasteiger partial charge in [0.05, 0.1) is 17.3 Å². The third kappa shape index (κ3) is 4.21. The van der Waals surface area contributed by atoms with E-state index in [1.54, 1.807) is 19.9 Å². The van der Waals surface area contributed by atoms with Gasteiger partial charge in [0.1, 0.15) is 6.07 Å². The van der Waals surface area contributed by atoms with Gasteiger partial charge in [-0.25, -0.2) is 0 Å². The van der Waals surface area contributed by atoms with Gasteiger partial charge < -0.3 is 4.90 Å². The van der Waals surface area contributed by atoms with E-state index in [2.05, 4.69) is 5.10 Å². The largest absolute Gasteiger partial charge is 0.433 e. The van der Waals surface area contributed by atoms with E-state index in [-0.39, 0.29) is 23.8 Å². The van der Waals surface area contributed by atoms with Crippen molar-refractivity contribution in [2.75, 3.05) is 13.6 Å². The summed E-state index contributed by atoms with van der Waals surface area (Å²) >= 11 is 0. The van der Waals surface area contributed by atoms with E-state index in [1.807, 2.05) is 6.07 Å². The molecule has 0 fully saturated rings. The van der Waals surface area contributed by atoms with Gasteiger partial charge in [-0.3, -0.25) is 14.3 Å². The molecule has 0 spiro atoms. The summed E-state index contributed by atoms with van der Waals surface area (Å²) in [5.41, 5.74) is -2.17. The van der Waals surface area contributed by atoms with E-state index in [0.29, 0.717) is 17.5 Å². The van der Waals surface area contributed by atoms with Crippen LogP contribution in [0, 0.1) is 22.7 Å². The first-order valence-corrected chi connectivity index (χ1v) is 8.40. The molecule has 0 bridgehead atoms. The molecule has 0 saturated carbocycles. The minimum atomic E-state index is -4.69. The van der Waals surface area contributed by atoms with Gasteiger partial charge >= 0.3 is 6.18 Å². The molecule has 1 amide bonds. The molecule has 6 nitrogen and oxygen atoms in total. The molecule has 1 aromatic rings. The van der Waals surface area contributed by atoms with E-state index in [9.17, 15) is 22.8 Å². The number of carbonyl (C=O) groups is 2. The van der Waals surface area contributed by atoms with Gasteiger partial charge in [0.15, 0.2) is 11.5 Å². The van der Waals surface area contributed by atoms with Crippen LogP contribution in [0.4, 0.5) is 13.2 Å². The number of rotatable bonds is 4. The number of hydrogen-bond acceptors (Lipinski definition) is 4. The van der Waals surface area contributed by atoms with Gasteiger partial charge in [-0.1, -0.05) is 19.9 Å². The van der Waals surface area contributed by atoms with Crippen LogP contribution in [0.2, 0.25) is 0 Å². The lowest BCUT2D eigenvalue weighted by Crippen LogP contribution is -2.35. The maximum atomic E-state index is 13.1. The molecule has 0 saturated heterocycles. The van der Waals surface area contributed by atoms with Crippen molar-refractivity contribution in [3.8, 4) is 6.07 Å². The first-order chi connectivity index (χ1) is 12.4. The second-order valence-electron chi connectivity index (χ2n) is 7.41.